The molecule has 1 rings (SSSR count). The van der Waals surface area contributed by atoms with Gasteiger partial charge in [0.25, 0.3) is 0 Å². The molecule has 21 heavy (non-hydrogen) atoms. The third kappa shape index (κ3) is 7.16. The third-order valence-electron chi connectivity index (χ3n) is 3.39. The summed E-state index contributed by atoms with van der Waals surface area (Å²) in [5, 5.41) is 0. The van der Waals surface area contributed by atoms with Crippen LogP contribution >= 0.6 is 0 Å². The van der Waals surface area contributed by atoms with E-state index in [9.17, 15) is 4.79 Å². The van der Waals surface area contributed by atoms with Gasteiger partial charge in [0.2, 0.25) is 0 Å². The van der Waals surface area contributed by atoms with Crippen LogP contribution in [0.1, 0.15) is 69.2 Å². The molecule has 0 N–H and O–H groups in total. The maximum atomic E-state index is 11.8. The lowest BCUT2D eigenvalue weighted by Crippen LogP contribution is -2.08. The average Bonchev–Trinajstić information content (AvgIpc) is 2.50. The standard InChI is InChI=1S/C18H28O3/c1-3-5-6-7-8-9-12-15-21-17-14-11-10-13-16(17)18(19)20-4-2/h10-11,13-14H,3-9,12,15H2,1-2H3. The van der Waals surface area contributed by atoms with Crippen LogP contribution in [0.3, 0.4) is 0 Å². The minimum absolute atomic E-state index is 0.312. The minimum Gasteiger partial charge on any atom is -0.493 e. The lowest BCUT2D eigenvalue weighted by atomic mass is 10.1. The Bertz CT molecular complexity index is 401. The fourth-order valence-corrected chi connectivity index (χ4v) is 2.21. The summed E-state index contributed by atoms with van der Waals surface area (Å²) >= 11 is 0. The van der Waals surface area contributed by atoms with Crippen molar-refractivity contribution in [3.63, 3.8) is 0 Å². The van der Waals surface area contributed by atoms with Gasteiger partial charge in [0.1, 0.15) is 11.3 Å². The molecule has 0 saturated heterocycles. The van der Waals surface area contributed by atoms with E-state index in [1.165, 1.54) is 38.5 Å². The van der Waals surface area contributed by atoms with E-state index in [-0.39, 0.29) is 5.97 Å². The van der Waals surface area contributed by atoms with Crippen LogP contribution in [0, 0.1) is 0 Å². The number of carbonyl (C=O) groups is 1. The van der Waals surface area contributed by atoms with Gasteiger partial charge in [-0.05, 0) is 25.5 Å². The molecule has 0 atom stereocenters. The van der Waals surface area contributed by atoms with Crippen molar-refractivity contribution in [3.05, 3.63) is 29.8 Å². The zero-order chi connectivity index (χ0) is 15.3. The van der Waals surface area contributed by atoms with Gasteiger partial charge >= 0.3 is 5.97 Å². The third-order valence-corrected chi connectivity index (χ3v) is 3.39. The van der Waals surface area contributed by atoms with Gasteiger partial charge in [-0.3, -0.25) is 0 Å². The normalized spacial score (nSPS) is 10.4. The van der Waals surface area contributed by atoms with Crippen LogP contribution in [-0.2, 0) is 4.74 Å². The lowest BCUT2D eigenvalue weighted by Gasteiger charge is -2.10. The summed E-state index contributed by atoms with van der Waals surface area (Å²) in [6, 6.07) is 7.28. The second-order valence-electron chi connectivity index (χ2n) is 5.19. The summed E-state index contributed by atoms with van der Waals surface area (Å²) in [7, 11) is 0. The first-order valence-corrected chi connectivity index (χ1v) is 8.18. The molecule has 0 amide bonds. The first kappa shape index (κ1) is 17.5. The second-order valence-corrected chi connectivity index (χ2v) is 5.19. The zero-order valence-electron chi connectivity index (χ0n) is 13.4. The molecular weight excluding hydrogens is 264 g/mol. The predicted octanol–water partition coefficient (Wildman–Crippen LogP) is 4.99. The number of benzene rings is 1. The van der Waals surface area contributed by atoms with Crippen molar-refractivity contribution in [3.8, 4) is 5.75 Å². The fourth-order valence-electron chi connectivity index (χ4n) is 2.21. The number of hydrogen-bond donors (Lipinski definition) is 0. The topological polar surface area (TPSA) is 35.5 Å². The van der Waals surface area contributed by atoms with E-state index in [0.29, 0.717) is 24.5 Å². The molecule has 0 heterocycles. The van der Waals surface area contributed by atoms with Crippen LogP contribution < -0.4 is 4.74 Å². The second kappa shape index (κ2) is 11.2. The van der Waals surface area contributed by atoms with Gasteiger partial charge in [-0.2, -0.15) is 0 Å². The molecule has 0 fully saturated rings. The van der Waals surface area contributed by atoms with Gasteiger partial charge in [-0.1, -0.05) is 57.6 Å². The Morgan fingerprint density at radius 1 is 0.952 bits per heavy atom. The Hall–Kier alpha value is -1.51. The SMILES string of the molecule is CCCCCCCCCOc1ccccc1C(=O)OCC. The van der Waals surface area contributed by atoms with Crippen LogP contribution in [0.25, 0.3) is 0 Å². The number of carbonyl (C=O) groups excluding carboxylic acids is 1. The van der Waals surface area contributed by atoms with Gasteiger partial charge < -0.3 is 9.47 Å². The van der Waals surface area contributed by atoms with E-state index in [1.54, 1.807) is 13.0 Å². The highest BCUT2D eigenvalue weighted by molar-refractivity contribution is 5.92. The summed E-state index contributed by atoms with van der Waals surface area (Å²) in [5.41, 5.74) is 0.516. The molecular formula is C18H28O3. The monoisotopic (exact) mass is 292 g/mol. The lowest BCUT2D eigenvalue weighted by molar-refractivity contribution is 0.0521. The Morgan fingerprint density at radius 3 is 2.33 bits per heavy atom. The molecule has 0 aliphatic carbocycles. The van der Waals surface area contributed by atoms with Gasteiger partial charge in [-0.25, -0.2) is 4.79 Å². The number of rotatable bonds is 11. The molecule has 1 aromatic carbocycles. The van der Waals surface area contributed by atoms with E-state index in [1.807, 2.05) is 18.2 Å². The van der Waals surface area contributed by atoms with Crippen LogP contribution in [0.5, 0.6) is 5.75 Å². The number of unbranched alkanes of at least 4 members (excludes halogenated alkanes) is 6. The highest BCUT2D eigenvalue weighted by atomic mass is 16.5. The summed E-state index contributed by atoms with van der Waals surface area (Å²) in [6.07, 6.45) is 8.75. The van der Waals surface area contributed by atoms with Gasteiger partial charge in [0.15, 0.2) is 0 Å². The molecule has 0 aromatic heterocycles. The van der Waals surface area contributed by atoms with Gasteiger partial charge in [0, 0.05) is 0 Å². The van der Waals surface area contributed by atoms with Crippen LogP contribution in [0.15, 0.2) is 24.3 Å². The maximum absolute atomic E-state index is 11.8. The van der Waals surface area contributed by atoms with E-state index >= 15 is 0 Å². The molecule has 0 aliphatic rings. The summed E-state index contributed by atoms with van der Waals surface area (Å²) in [4.78, 5) is 11.8. The maximum Gasteiger partial charge on any atom is 0.341 e. The van der Waals surface area contributed by atoms with Crippen molar-refractivity contribution in [2.24, 2.45) is 0 Å². The smallest absolute Gasteiger partial charge is 0.341 e. The fraction of sp³-hybridized carbons (Fsp3) is 0.611. The molecule has 3 nitrogen and oxygen atoms in total. The predicted molar refractivity (Wildman–Crippen MR) is 85.9 cm³/mol. The minimum atomic E-state index is -0.312. The van der Waals surface area contributed by atoms with Crippen LogP contribution in [0.2, 0.25) is 0 Å². The summed E-state index contributed by atoms with van der Waals surface area (Å²) in [5.74, 6) is 0.314. The zero-order valence-corrected chi connectivity index (χ0v) is 13.4. The van der Waals surface area contributed by atoms with Crippen LogP contribution in [0.4, 0.5) is 0 Å². The molecule has 0 aliphatic heterocycles. The Labute approximate surface area is 128 Å². The Balaban J connectivity index is 2.27. The van der Waals surface area contributed by atoms with Crippen molar-refractivity contribution in [2.45, 2.75) is 58.8 Å². The molecule has 1 aromatic rings. The Kier molecular flexibility index (Phi) is 9.34. The molecule has 0 radical (unpaired) electrons. The van der Waals surface area contributed by atoms with E-state index in [2.05, 4.69) is 6.92 Å². The quantitative estimate of drug-likeness (QED) is 0.425. The van der Waals surface area contributed by atoms with Crippen molar-refractivity contribution in [1.29, 1.82) is 0 Å². The summed E-state index contributed by atoms with van der Waals surface area (Å²) in [6.45, 7) is 5.07. The summed E-state index contributed by atoms with van der Waals surface area (Å²) < 4.78 is 10.8. The van der Waals surface area contributed by atoms with E-state index in [0.717, 1.165) is 6.42 Å². The van der Waals surface area contributed by atoms with Crippen molar-refractivity contribution < 1.29 is 14.3 Å². The first-order valence-electron chi connectivity index (χ1n) is 8.18. The van der Waals surface area contributed by atoms with Crippen molar-refractivity contribution in [1.82, 2.24) is 0 Å². The van der Waals surface area contributed by atoms with Gasteiger partial charge in [0.05, 0.1) is 13.2 Å². The number of para-hydroxylation sites is 1. The highest BCUT2D eigenvalue weighted by Gasteiger charge is 2.12. The van der Waals surface area contributed by atoms with E-state index in [4.69, 9.17) is 9.47 Å². The molecule has 0 bridgehead atoms. The van der Waals surface area contributed by atoms with Gasteiger partial charge in [-0.15, -0.1) is 0 Å². The number of ether oxygens (including phenoxy) is 2. The first-order chi connectivity index (χ1) is 10.3. The average molecular weight is 292 g/mol. The van der Waals surface area contributed by atoms with Crippen molar-refractivity contribution in [2.75, 3.05) is 13.2 Å². The largest absolute Gasteiger partial charge is 0.493 e. The molecule has 0 saturated carbocycles. The molecule has 0 unspecified atom stereocenters. The number of esters is 1. The number of hydrogen-bond acceptors (Lipinski definition) is 3. The van der Waals surface area contributed by atoms with E-state index < -0.39 is 0 Å². The molecule has 118 valence electrons. The highest BCUT2D eigenvalue weighted by Crippen LogP contribution is 2.19. The molecule has 3 heteroatoms. The van der Waals surface area contributed by atoms with Crippen molar-refractivity contribution >= 4 is 5.97 Å². The molecule has 0 spiro atoms. The Morgan fingerprint density at radius 2 is 1.62 bits per heavy atom. The van der Waals surface area contributed by atoms with Crippen LogP contribution in [-0.4, -0.2) is 19.2 Å².